The Labute approximate surface area is 208 Å². The molecule has 1 aliphatic heterocycles. The van der Waals surface area contributed by atoms with Crippen LogP contribution in [0.4, 0.5) is 35.2 Å². The minimum atomic E-state index is -1.14. The average molecular weight is 508 g/mol. The summed E-state index contributed by atoms with van der Waals surface area (Å²) in [6, 6.07) is 6.75. The fraction of sp³-hybridized carbons (Fsp3) is 0.160. The average Bonchev–Trinajstić information content (AvgIpc) is 2.91. The highest BCUT2D eigenvalue weighted by Gasteiger charge is 2.22. The van der Waals surface area contributed by atoms with Crippen LogP contribution in [0.1, 0.15) is 16.1 Å². The van der Waals surface area contributed by atoms with Crippen LogP contribution in [0, 0.1) is 17.5 Å². The monoisotopic (exact) mass is 508 g/mol. The Morgan fingerprint density at radius 2 is 1.62 bits per heavy atom. The SMILES string of the molecule is O=C(Nc1ccc(F)cc1)Nc1cc(F)cc(C(=O)c2cc3nc(N4CCOCC4)cnc3cn2)c1F. The number of amides is 2. The number of benzene rings is 2. The lowest BCUT2D eigenvalue weighted by Gasteiger charge is -2.27. The molecule has 12 heteroatoms. The number of ketones is 1. The number of pyridine rings is 1. The summed E-state index contributed by atoms with van der Waals surface area (Å²) in [7, 11) is 0. The van der Waals surface area contributed by atoms with E-state index in [1.165, 1.54) is 24.4 Å². The van der Waals surface area contributed by atoms with E-state index in [0.717, 1.165) is 24.3 Å². The van der Waals surface area contributed by atoms with Crippen LogP contribution >= 0.6 is 0 Å². The van der Waals surface area contributed by atoms with Crippen molar-refractivity contribution in [2.45, 2.75) is 0 Å². The highest BCUT2D eigenvalue weighted by Crippen LogP contribution is 2.24. The number of nitrogens with zero attached hydrogens (tertiary/aromatic N) is 4. The van der Waals surface area contributed by atoms with E-state index in [1.807, 2.05) is 4.90 Å². The number of morpholine rings is 1. The number of hydrogen-bond donors (Lipinski definition) is 2. The number of aromatic nitrogens is 3. The van der Waals surface area contributed by atoms with Crippen molar-refractivity contribution in [3.8, 4) is 0 Å². The molecule has 4 aromatic rings. The third-order valence-corrected chi connectivity index (χ3v) is 5.62. The summed E-state index contributed by atoms with van der Waals surface area (Å²) >= 11 is 0. The molecule has 1 aliphatic rings. The van der Waals surface area contributed by atoms with E-state index in [2.05, 4.69) is 25.6 Å². The largest absolute Gasteiger partial charge is 0.378 e. The molecule has 0 aliphatic carbocycles. The molecule has 3 heterocycles. The molecule has 2 N–H and O–H groups in total. The number of ether oxygens (including phenoxy) is 1. The van der Waals surface area contributed by atoms with Crippen LogP contribution in [-0.2, 0) is 4.74 Å². The minimum absolute atomic E-state index is 0.174. The molecule has 5 rings (SSSR count). The number of carbonyl (C=O) groups excluding carboxylic acids is 2. The van der Waals surface area contributed by atoms with Crippen LogP contribution in [0.3, 0.4) is 0 Å². The number of rotatable bonds is 5. The molecule has 1 fully saturated rings. The van der Waals surface area contributed by atoms with Gasteiger partial charge in [0.25, 0.3) is 0 Å². The Morgan fingerprint density at radius 1 is 0.865 bits per heavy atom. The molecule has 188 valence electrons. The Bertz CT molecular complexity index is 1490. The van der Waals surface area contributed by atoms with Gasteiger partial charge in [0.2, 0.25) is 5.78 Å². The summed E-state index contributed by atoms with van der Waals surface area (Å²) < 4.78 is 47.9. The second kappa shape index (κ2) is 10.2. The zero-order valence-electron chi connectivity index (χ0n) is 19.2. The molecule has 2 aromatic carbocycles. The molecular formula is C25H19F3N6O3. The second-order valence-corrected chi connectivity index (χ2v) is 8.12. The van der Waals surface area contributed by atoms with Crippen molar-refractivity contribution in [2.24, 2.45) is 0 Å². The molecular weight excluding hydrogens is 489 g/mol. The number of nitrogens with one attached hydrogen (secondary N) is 2. The zero-order chi connectivity index (χ0) is 25.9. The maximum atomic E-state index is 15.2. The summed E-state index contributed by atoms with van der Waals surface area (Å²) in [4.78, 5) is 40.2. The smallest absolute Gasteiger partial charge is 0.323 e. The van der Waals surface area contributed by atoms with Gasteiger partial charge in [-0.1, -0.05) is 0 Å². The highest BCUT2D eigenvalue weighted by molar-refractivity contribution is 6.10. The van der Waals surface area contributed by atoms with Gasteiger partial charge in [-0.05, 0) is 36.4 Å². The zero-order valence-corrected chi connectivity index (χ0v) is 19.2. The molecule has 1 saturated heterocycles. The van der Waals surface area contributed by atoms with Gasteiger partial charge in [-0.2, -0.15) is 0 Å². The van der Waals surface area contributed by atoms with E-state index in [-0.39, 0.29) is 11.4 Å². The van der Waals surface area contributed by atoms with E-state index in [4.69, 9.17) is 4.74 Å². The Kier molecular flexibility index (Phi) is 6.64. The molecule has 9 nitrogen and oxygen atoms in total. The third kappa shape index (κ3) is 5.33. The van der Waals surface area contributed by atoms with E-state index in [0.29, 0.717) is 43.2 Å². The van der Waals surface area contributed by atoms with Crippen molar-refractivity contribution >= 4 is 40.0 Å². The number of hydrogen-bond acceptors (Lipinski definition) is 7. The molecule has 37 heavy (non-hydrogen) atoms. The molecule has 2 aromatic heterocycles. The molecule has 0 unspecified atom stereocenters. The Balaban J connectivity index is 1.40. The van der Waals surface area contributed by atoms with Crippen molar-refractivity contribution in [3.63, 3.8) is 0 Å². The van der Waals surface area contributed by atoms with Gasteiger partial charge < -0.3 is 20.3 Å². The molecule has 2 amide bonds. The molecule has 0 spiro atoms. The molecule has 0 atom stereocenters. The van der Waals surface area contributed by atoms with Gasteiger partial charge in [0, 0.05) is 24.8 Å². The molecule has 0 bridgehead atoms. The maximum absolute atomic E-state index is 15.2. The highest BCUT2D eigenvalue weighted by atomic mass is 19.1. The summed E-state index contributed by atoms with van der Waals surface area (Å²) in [5.74, 6) is -2.90. The maximum Gasteiger partial charge on any atom is 0.323 e. The van der Waals surface area contributed by atoms with Gasteiger partial charge in [0.15, 0.2) is 5.82 Å². The number of carbonyl (C=O) groups is 2. The van der Waals surface area contributed by atoms with Crippen LogP contribution in [0.15, 0.2) is 54.9 Å². The molecule has 0 saturated carbocycles. The van der Waals surface area contributed by atoms with Gasteiger partial charge in [-0.3, -0.25) is 9.78 Å². The van der Waals surface area contributed by atoms with Crippen molar-refractivity contribution < 1.29 is 27.5 Å². The lowest BCUT2D eigenvalue weighted by molar-refractivity contribution is 0.103. The quantitative estimate of drug-likeness (QED) is 0.390. The van der Waals surface area contributed by atoms with Crippen molar-refractivity contribution in [3.05, 3.63) is 83.6 Å². The first kappa shape index (κ1) is 24.1. The van der Waals surface area contributed by atoms with Gasteiger partial charge in [0.1, 0.15) is 28.7 Å². The minimum Gasteiger partial charge on any atom is -0.378 e. The summed E-state index contributed by atoms with van der Waals surface area (Å²) in [5.41, 5.74) is -0.347. The van der Waals surface area contributed by atoms with Gasteiger partial charge in [0.05, 0.1) is 42.4 Å². The van der Waals surface area contributed by atoms with Crippen molar-refractivity contribution in [1.29, 1.82) is 0 Å². The predicted molar refractivity (Wildman–Crippen MR) is 129 cm³/mol. The van der Waals surface area contributed by atoms with Crippen LogP contribution < -0.4 is 15.5 Å². The second-order valence-electron chi connectivity index (χ2n) is 8.12. The fourth-order valence-electron chi connectivity index (χ4n) is 3.78. The van der Waals surface area contributed by atoms with E-state index < -0.39 is 40.5 Å². The Morgan fingerprint density at radius 3 is 2.38 bits per heavy atom. The van der Waals surface area contributed by atoms with E-state index in [1.54, 1.807) is 6.20 Å². The standard InChI is InChI=1S/C25H19F3N6O3/c26-14-1-3-16(4-2-14)31-25(36)33-19-10-15(27)9-17(23(19)28)24(35)20-11-18-21(12-29-20)30-13-22(32-18)34-5-7-37-8-6-34/h1-4,9-13H,5-8H2,(H2,31,33,36). The number of anilines is 3. The van der Waals surface area contributed by atoms with Crippen LogP contribution in [0.25, 0.3) is 11.0 Å². The fourth-order valence-corrected chi connectivity index (χ4v) is 3.78. The molecule has 0 radical (unpaired) electrons. The van der Waals surface area contributed by atoms with E-state index >= 15 is 4.39 Å². The third-order valence-electron chi connectivity index (χ3n) is 5.62. The van der Waals surface area contributed by atoms with Crippen LogP contribution in [-0.4, -0.2) is 53.1 Å². The van der Waals surface area contributed by atoms with Crippen molar-refractivity contribution in [1.82, 2.24) is 15.0 Å². The van der Waals surface area contributed by atoms with Crippen LogP contribution in [0.5, 0.6) is 0 Å². The first-order valence-corrected chi connectivity index (χ1v) is 11.2. The first-order valence-electron chi connectivity index (χ1n) is 11.2. The van der Waals surface area contributed by atoms with E-state index in [9.17, 15) is 18.4 Å². The van der Waals surface area contributed by atoms with Gasteiger partial charge in [-0.25, -0.2) is 27.9 Å². The number of fused-ring (bicyclic) bond motifs is 1. The van der Waals surface area contributed by atoms with Gasteiger partial charge >= 0.3 is 6.03 Å². The van der Waals surface area contributed by atoms with Gasteiger partial charge in [-0.15, -0.1) is 0 Å². The van der Waals surface area contributed by atoms with Crippen molar-refractivity contribution in [2.75, 3.05) is 41.8 Å². The first-order chi connectivity index (χ1) is 17.9. The lowest BCUT2D eigenvalue weighted by Crippen LogP contribution is -2.36. The summed E-state index contributed by atoms with van der Waals surface area (Å²) in [6.07, 6.45) is 2.92. The van der Waals surface area contributed by atoms with Crippen LogP contribution in [0.2, 0.25) is 0 Å². The topological polar surface area (TPSA) is 109 Å². The lowest BCUT2D eigenvalue weighted by atomic mass is 10.1. The summed E-state index contributed by atoms with van der Waals surface area (Å²) in [6.45, 7) is 2.38. The predicted octanol–water partition coefficient (Wildman–Crippen LogP) is 4.15. The Hall–Kier alpha value is -4.58. The number of halogens is 3. The summed E-state index contributed by atoms with van der Waals surface area (Å²) in [5, 5.41) is 4.53. The normalized spacial score (nSPS) is 13.4. The number of urea groups is 1.